The van der Waals surface area contributed by atoms with Gasteiger partial charge in [0.15, 0.2) is 11.4 Å². The molecule has 5 nitrogen and oxygen atoms in total. The van der Waals surface area contributed by atoms with Gasteiger partial charge < -0.3 is 14.2 Å². The fourth-order valence-corrected chi connectivity index (χ4v) is 4.09. The van der Waals surface area contributed by atoms with E-state index in [1.54, 1.807) is 6.07 Å². The first-order valence-electron chi connectivity index (χ1n) is 7.56. The number of methoxy groups -OCH3 is 2. The predicted molar refractivity (Wildman–Crippen MR) is 84.8 cm³/mol. The summed E-state index contributed by atoms with van der Waals surface area (Å²) in [6.45, 7) is 3.74. The molecule has 0 unspecified atom stereocenters. The third-order valence-corrected chi connectivity index (χ3v) is 5.33. The Morgan fingerprint density at radius 2 is 1.70 bits per heavy atom. The smallest absolute Gasteiger partial charge is 0.214 e. The molecule has 2 atom stereocenters. The van der Waals surface area contributed by atoms with Crippen LogP contribution in [0, 0.1) is 11.8 Å². The van der Waals surface area contributed by atoms with E-state index in [-0.39, 0.29) is 28.4 Å². The quantitative estimate of drug-likeness (QED) is 0.828. The van der Waals surface area contributed by atoms with Crippen molar-refractivity contribution >= 4 is 23.2 Å². The Morgan fingerprint density at radius 3 is 2.22 bits per heavy atom. The molecule has 1 heterocycles. The van der Waals surface area contributed by atoms with Crippen molar-refractivity contribution in [2.75, 3.05) is 14.2 Å². The summed E-state index contributed by atoms with van der Waals surface area (Å²) in [5.41, 5.74) is -0.731. The second-order valence-electron chi connectivity index (χ2n) is 6.27. The molecule has 1 aromatic rings. The SMILES string of the molecule is COc1cc(OC)c2c(c1Cl)OC1(C2=O)[C@H](C)CC(=O)C[C@H]1C. The minimum absolute atomic E-state index is 0.152. The van der Waals surface area contributed by atoms with E-state index in [0.29, 0.717) is 35.7 Å². The van der Waals surface area contributed by atoms with Gasteiger partial charge in [-0.05, 0) is 0 Å². The second kappa shape index (κ2) is 5.41. The molecule has 0 saturated heterocycles. The van der Waals surface area contributed by atoms with E-state index >= 15 is 0 Å². The van der Waals surface area contributed by atoms with Gasteiger partial charge in [-0.25, -0.2) is 0 Å². The second-order valence-corrected chi connectivity index (χ2v) is 6.65. The minimum Gasteiger partial charge on any atom is -0.496 e. The molecule has 0 amide bonds. The highest BCUT2D eigenvalue weighted by Gasteiger charge is 2.59. The van der Waals surface area contributed by atoms with Crippen LogP contribution in [0.4, 0.5) is 0 Å². The highest BCUT2D eigenvalue weighted by atomic mass is 35.5. The molecular formula is C17H19ClO5. The van der Waals surface area contributed by atoms with Gasteiger partial charge >= 0.3 is 0 Å². The number of rotatable bonds is 2. The molecule has 23 heavy (non-hydrogen) atoms. The summed E-state index contributed by atoms with van der Waals surface area (Å²) in [5.74, 6) is 0.579. The van der Waals surface area contributed by atoms with E-state index in [1.807, 2.05) is 13.8 Å². The van der Waals surface area contributed by atoms with Crippen molar-refractivity contribution in [3.05, 3.63) is 16.7 Å². The minimum atomic E-state index is -1.07. The fraction of sp³-hybridized carbons (Fsp3) is 0.529. The molecule has 0 aromatic heterocycles. The van der Waals surface area contributed by atoms with Gasteiger partial charge in [-0.1, -0.05) is 25.4 Å². The molecule has 1 fully saturated rings. The van der Waals surface area contributed by atoms with Crippen molar-refractivity contribution in [1.82, 2.24) is 0 Å². The molecule has 1 spiro atoms. The first kappa shape index (κ1) is 16.1. The molecule has 1 aromatic carbocycles. The van der Waals surface area contributed by atoms with Crippen LogP contribution in [0.2, 0.25) is 5.02 Å². The third kappa shape index (κ3) is 2.06. The zero-order valence-electron chi connectivity index (χ0n) is 13.6. The summed E-state index contributed by atoms with van der Waals surface area (Å²) in [6, 6.07) is 1.59. The largest absolute Gasteiger partial charge is 0.496 e. The monoisotopic (exact) mass is 338 g/mol. The van der Waals surface area contributed by atoms with Crippen molar-refractivity contribution in [3.8, 4) is 17.2 Å². The Hall–Kier alpha value is -1.75. The molecule has 6 heteroatoms. The number of ether oxygens (including phenoxy) is 3. The zero-order valence-corrected chi connectivity index (χ0v) is 14.3. The van der Waals surface area contributed by atoms with Gasteiger partial charge in [0.05, 0.1) is 14.2 Å². The molecule has 1 aliphatic heterocycles. The van der Waals surface area contributed by atoms with Crippen LogP contribution in [0.1, 0.15) is 37.0 Å². The summed E-state index contributed by atoms with van der Waals surface area (Å²) in [6.07, 6.45) is 0.641. The number of benzene rings is 1. The number of fused-ring (bicyclic) bond motifs is 1. The van der Waals surface area contributed by atoms with Gasteiger partial charge in [-0.3, -0.25) is 9.59 Å². The summed E-state index contributed by atoms with van der Waals surface area (Å²) in [7, 11) is 2.97. The lowest BCUT2D eigenvalue weighted by Gasteiger charge is -2.41. The van der Waals surface area contributed by atoms with Gasteiger partial charge in [-0.2, -0.15) is 0 Å². The van der Waals surface area contributed by atoms with Crippen molar-refractivity contribution in [2.24, 2.45) is 11.8 Å². The highest BCUT2D eigenvalue weighted by Crippen LogP contribution is 2.55. The average molecular weight is 339 g/mol. The Kier molecular flexibility index (Phi) is 3.79. The van der Waals surface area contributed by atoms with Gasteiger partial charge in [-0.15, -0.1) is 0 Å². The highest BCUT2D eigenvalue weighted by molar-refractivity contribution is 6.35. The molecule has 0 bridgehead atoms. The third-order valence-electron chi connectivity index (χ3n) is 4.98. The van der Waals surface area contributed by atoms with Gasteiger partial charge in [0, 0.05) is 30.7 Å². The van der Waals surface area contributed by atoms with E-state index in [9.17, 15) is 9.59 Å². The van der Waals surface area contributed by atoms with Crippen LogP contribution in [0.3, 0.4) is 0 Å². The van der Waals surface area contributed by atoms with Crippen LogP contribution in [-0.2, 0) is 4.79 Å². The van der Waals surface area contributed by atoms with E-state index in [2.05, 4.69) is 0 Å². The Bertz CT molecular complexity index is 683. The Morgan fingerprint density at radius 1 is 1.13 bits per heavy atom. The maximum atomic E-state index is 13.2. The standard InChI is InChI=1S/C17H19ClO5/c1-8-5-10(19)6-9(2)17(8)16(20)13-11(21-3)7-12(22-4)14(18)15(13)23-17/h7-9H,5-6H2,1-4H3/t8-,9-/m1/s1. The van der Waals surface area contributed by atoms with Gasteiger partial charge in [0.1, 0.15) is 27.9 Å². The van der Waals surface area contributed by atoms with Gasteiger partial charge in [0.2, 0.25) is 5.78 Å². The number of hydrogen-bond donors (Lipinski definition) is 0. The van der Waals surface area contributed by atoms with E-state index in [0.717, 1.165) is 0 Å². The Balaban J connectivity index is 2.19. The van der Waals surface area contributed by atoms with Gasteiger partial charge in [0.25, 0.3) is 0 Å². The number of hydrogen-bond acceptors (Lipinski definition) is 5. The number of Topliss-reactive ketones (excluding diaryl/α,β-unsaturated/α-hetero) is 2. The zero-order chi connectivity index (χ0) is 16.9. The normalized spacial score (nSPS) is 25.3. The molecule has 0 radical (unpaired) electrons. The molecule has 0 N–H and O–H groups in total. The Labute approximate surface area is 139 Å². The van der Waals surface area contributed by atoms with E-state index < -0.39 is 5.60 Å². The lowest BCUT2D eigenvalue weighted by atomic mass is 9.67. The number of carbonyl (C=O) groups is 2. The van der Waals surface area contributed by atoms with Crippen LogP contribution in [0.5, 0.6) is 17.2 Å². The molecule has 3 rings (SSSR count). The lowest BCUT2D eigenvalue weighted by molar-refractivity contribution is -0.129. The van der Waals surface area contributed by atoms with Crippen molar-refractivity contribution in [1.29, 1.82) is 0 Å². The topological polar surface area (TPSA) is 61.8 Å². The van der Waals surface area contributed by atoms with Crippen molar-refractivity contribution < 1.29 is 23.8 Å². The van der Waals surface area contributed by atoms with Crippen LogP contribution in [0.25, 0.3) is 0 Å². The summed E-state index contributed by atoms with van der Waals surface area (Å²) < 4.78 is 16.7. The first-order valence-corrected chi connectivity index (χ1v) is 7.94. The van der Waals surface area contributed by atoms with Crippen LogP contribution in [-0.4, -0.2) is 31.4 Å². The van der Waals surface area contributed by atoms with Crippen LogP contribution >= 0.6 is 11.6 Å². The number of ketones is 2. The summed E-state index contributed by atoms with van der Waals surface area (Å²) >= 11 is 6.35. The van der Waals surface area contributed by atoms with E-state index in [4.69, 9.17) is 25.8 Å². The maximum absolute atomic E-state index is 13.2. The first-order chi connectivity index (χ1) is 10.9. The van der Waals surface area contributed by atoms with Crippen molar-refractivity contribution in [3.63, 3.8) is 0 Å². The summed E-state index contributed by atoms with van der Waals surface area (Å²) in [4.78, 5) is 25.1. The van der Waals surface area contributed by atoms with E-state index in [1.165, 1.54) is 14.2 Å². The van der Waals surface area contributed by atoms with Crippen LogP contribution in [0.15, 0.2) is 6.07 Å². The molecule has 1 saturated carbocycles. The molecule has 1 aliphatic carbocycles. The molecular weight excluding hydrogens is 320 g/mol. The molecule has 2 aliphatic rings. The fourth-order valence-electron chi connectivity index (χ4n) is 3.82. The molecule has 124 valence electrons. The van der Waals surface area contributed by atoms with Crippen LogP contribution < -0.4 is 14.2 Å². The number of carbonyl (C=O) groups excluding carboxylic acids is 2. The predicted octanol–water partition coefficient (Wildman–Crippen LogP) is 3.31. The lowest BCUT2D eigenvalue weighted by Crippen LogP contribution is -2.55. The number of halogens is 1. The maximum Gasteiger partial charge on any atom is 0.214 e. The average Bonchev–Trinajstić information content (AvgIpc) is 2.82. The summed E-state index contributed by atoms with van der Waals surface area (Å²) in [5, 5.41) is 0.254. The van der Waals surface area contributed by atoms with Crippen molar-refractivity contribution in [2.45, 2.75) is 32.3 Å².